The zero-order valence-electron chi connectivity index (χ0n) is 10.4. The SMILES string of the molecule is Cc1ccc(C2(C)CN=C(N)N2C)cc1C. The monoisotopic (exact) mass is 217 g/mol. The molecule has 86 valence electrons. The third-order valence-corrected chi connectivity index (χ3v) is 3.76. The Kier molecular flexibility index (Phi) is 2.41. The molecule has 1 aromatic rings. The number of aryl methyl sites for hydroxylation is 2. The molecule has 0 radical (unpaired) electrons. The molecule has 2 N–H and O–H groups in total. The van der Waals surface area contributed by atoms with Crippen molar-refractivity contribution in [2.24, 2.45) is 10.7 Å². The topological polar surface area (TPSA) is 41.6 Å². The normalized spacial score (nSPS) is 24.8. The molecular formula is C13H19N3. The predicted molar refractivity (Wildman–Crippen MR) is 67.5 cm³/mol. The number of hydrogen-bond acceptors (Lipinski definition) is 3. The number of rotatable bonds is 1. The van der Waals surface area contributed by atoms with Crippen LogP contribution in [0.15, 0.2) is 23.2 Å². The minimum Gasteiger partial charge on any atom is -0.370 e. The van der Waals surface area contributed by atoms with Crippen LogP contribution in [0, 0.1) is 13.8 Å². The maximum atomic E-state index is 5.84. The highest BCUT2D eigenvalue weighted by atomic mass is 15.3. The molecule has 2 rings (SSSR count). The van der Waals surface area contributed by atoms with Gasteiger partial charge in [0.1, 0.15) is 0 Å². The van der Waals surface area contributed by atoms with Gasteiger partial charge in [-0.25, -0.2) is 0 Å². The molecule has 16 heavy (non-hydrogen) atoms. The highest BCUT2D eigenvalue weighted by Crippen LogP contribution is 2.32. The van der Waals surface area contributed by atoms with Crippen LogP contribution in [-0.4, -0.2) is 24.5 Å². The average molecular weight is 217 g/mol. The van der Waals surface area contributed by atoms with Gasteiger partial charge in [-0.15, -0.1) is 0 Å². The summed E-state index contributed by atoms with van der Waals surface area (Å²) in [6, 6.07) is 6.57. The van der Waals surface area contributed by atoms with E-state index in [0.717, 1.165) is 6.54 Å². The van der Waals surface area contributed by atoms with Crippen LogP contribution < -0.4 is 5.73 Å². The third-order valence-electron chi connectivity index (χ3n) is 3.76. The molecule has 1 atom stereocenters. The largest absolute Gasteiger partial charge is 0.370 e. The van der Waals surface area contributed by atoms with Gasteiger partial charge >= 0.3 is 0 Å². The van der Waals surface area contributed by atoms with Crippen LogP contribution in [0.2, 0.25) is 0 Å². The fourth-order valence-electron chi connectivity index (χ4n) is 2.06. The first kappa shape index (κ1) is 11.0. The van der Waals surface area contributed by atoms with Gasteiger partial charge in [-0.1, -0.05) is 18.2 Å². The zero-order valence-corrected chi connectivity index (χ0v) is 10.4. The lowest BCUT2D eigenvalue weighted by molar-refractivity contribution is 0.267. The number of likely N-dealkylation sites (N-methyl/N-ethyl adjacent to an activating group) is 1. The maximum Gasteiger partial charge on any atom is 0.191 e. The van der Waals surface area contributed by atoms with Crippen LogP contribution in [-0.2, 0) is 5.54 Å². The number of aliphatic imine (C=N–C) groups is 1. The molecular weight excluding hydrogens is 198 g/mol. The molecule has 3 nitrogen and oxygen atoms in total. The van der Waals surface area contributed by atoms with Crippen molar-refractivity contribution in [3.63, 3.8) is 0 Å². The summed E-state index contributed by atoms with van der Waals surface area (Å²) in [6.45, 7) is 7.18. The van der Waals surface area contributed by atoms with Crippen molar-refractivity contribution in [3.8, 4) is 0 Å². The molecule has 1 heterocycles. The number of nitrogens with zero attached hydrogens (tertiary/aromatic N) is 2. The van der Waals surface area contributed by atoms with E-state index >= 15 is 0 Å². The quantitative estimate of drug-likeness (QED) is 0.779. The first-order valence-electron chi connectivity index (χ1n) is 5.56. The fraction of sp³-hybridized carbons (Fsp3) is 0.462. The molecule has 1 aliphatic rings. The lowest BCUT2D eigenvalue weighted by Crippen LogP contribution is -2.44. The van der Waals surface area contributed by atoms with Gasteiger partial charge in [-0.2, -0.15) is 0 Å². The lowest BCUT2D eigenvalue weighted by Gasteiger charge is -2.34. The van der Waals surface area contributed by atoms with Crippen molar-refractivity contribution in [2.75, 3.05) is 13.6 Å². The van der Waals surface area contributed by atoms with E-state index in [4.69, 9.17) is 5.73 Å². The Labute approximate surface area is 97.0 Å². The van der Waals surface area contributed by atoms with Crippen molar-refractivity contribution in [2.45, 2.75) is 26.3 Å². The van der Waals surface area contributed by atoms with E-state index in [1.165, 1.54) is 16.7 Å². The first-order chi connectivity index (χ1) is 7.45. The van der Waals surface area contributed by atoms with Crippen LogP contribution in [0.3, 0.4) is 0 Å². The van der Waals surface area contributed by atoms with E-state index < -0.39 is 0 Å². The van der Waals surface area contributed by atoms with Gasteiger partial charge in [0.25, 0.3) is 0 Å². The second-order valence-corrected chi connectivity index (χ2v) is 4.81. The molecule has 0 spiro atoms. The minimum absolute atomic E-state index is 0.0947. The van der Waals surface area contributed by atoms with Gasteiger partial charge in [0, 0.05) is 7.05 Å². The standard InChI is InChI=1S/C13H19N3/c1-9-5-6-11(7-10(9)2)13(3)8-15-12(14)16(13)4/h5-7H,8H2,1-4H3,(H2,14,15). The second kappa shape index (κ2) is 3.51. The summed E-state index contributed by atoms with van der Waals surface area (Å²) in [4.78, 5) is 6.37. The van der Waals surface area contributed by atoms with E-state index in [2.05, 4.69) is 48.9 Å². The molecule has 0 fully saturated rings. The first-order valence-corrected chi connectivity index (χ1v) is 5.56. The van der Waals surface area contributed by atoms with Gasteiger partial charge in [-0.3, -0.25) is 4.99 Å². The Morgan fingerprint density at radius 1 is 1.31 bits per heavy atom. The number of nitrogens with two attached hydrogens (primary N) is 1. The van der Waals surface area contributed by atoms with Gasteiger partial charge in [-0.05, 0) is 37.5 Å². The summed E-state index contributed by atoms with van der Waals surface area (Å²) >= 11 is 0. The highest BCUT2D eigenvalue weighted by Gasteiger charge is 2.36. The van der Waals surface area contributed by atoms with E-state index in [9.17, 15) is 0 Å². The number of guanidine groups is 1. The van der Waals surface area contributed by atoms with Gasteiger partial charge in [0.2, 0.25) is 0 Å². The van der Waals surface area contributed by atoms with Crippen LogP contribution >= 0.6 is 0 Å². The van der Waals surface area contributed by atoms with Gasteiger partial charge < -0.3 is 10.6 Å². The predicted octanol–water partition coefficient (Wildman–Crippen LogP) is 1.78. The number of hydrogen-bond donors (Lipinski definition) is 1. The summed E-state index contributed by atoms with van der Waals surface area (Å²) in [5.74, 6) is 0.626. The van der Waals surface area contributed by atoms with Crippen LogP contribution in [0.1, 0.15) is 23.6 Å². The molecule has 1 aromatic carbocycles. The Bertz CT molecular complexity index is 450. The molecule has 0 amide bonds. The lowest BCUT2D eigenvalue weighted by atomic mass is 9.89. The molecule has 3 heteroatoms. The minimum atomic E-state index is -0.0947. The summed E-state index contributed by atoms with van der Waals surface area (Å²) < 4.78 is 0. The Balaban J connectivity index is 2.42. The fourth-order valence-corrected chi connectivity index (χ4v) is 2.06. The molecule has 1 unspecified atom stereocenters. The van der Waals surface area contributed by atoms with Crippen LogP contribution in [0.25, 0.3) is 0 Å². The van der Waals surface area contributed by atoms with Crippen molar-refractivity contribution >= 4 is 5.96 Å². The van der Waals surface area contributed by atoms with E-state index in [1.807, 2.05) is 7.05 Å². The Morgan fingerprint density at radius 2 is 2.00 bits per heavy atom. The molecule has 0 saturated heterocycles. The van der Waals surface area contributed by atoms with E-state index in [-0.39, 0.29) is 5.54 Å². The molecule has 0 aliphatic carbocycles. The molecule has 0 saturated carbocycles. The van der Waals surface area contributed by atoms with E-state index in [0.29, 0.717) is 5.96 Å². The highest BCUT2D eigenvalue weighted by molar-refractivity contribution is 5.81. The van der Waals surface area contributed by atoms with E-state index in [1.54, 1.807) is 0 Å². The summed E-state index contributed by atoms with van der Waals surface area (Å²) in [6.07, 6.45) is 0. The average Bonchev–Trinajstić information content (AvgIpc) is 2.52. The molecule has 0 bridgehead atoms. The Hall–Kier alpha value is -1.51. The van der Waals surface area contributed by atoms with Gasteiger partial charge in [0.15, 0.2) is 5.96 Å². The van der Waals surface area contributed by atoms with Crippen molar-refractivity contribution in [1.29, 1.82) is 0 Å². The molecule has 0 aromatic heterocycles. The van der Waals surface area contributed by atoms with Crippen LogP contribution in [0.4, 0.5) is 0 Å². The smallest absolute Gasteiger partial charge is 0.191 e. The summed E-state index contributed by atoms with van der Waals surface area (Å²) in [7, 11) is 2.00. The Morgan fingerprint density at radius 3 is 2.50 bits per heavy atom. The summed E-state index contributed by atoms with van der Waals surface area (Å²) in [5, 5.41) is 0. The molecule has 1 aliphatic heterocycles. The summed E-state index contributed by atoms with van der Waals surface area (Å²) in [5.41, 5.74) is 9.66. The third kappa shape index (κ3) is 1.47. The van der Waals surface area contributed by atoms with Crippen molar-refractivity contribution in [1.82, 2.24) is 4.90 Å². The second-order valence-electron chi connectivity index (χ2n) is 4.81. The van der Waals surface area contributed by atoms with Gasteiger partial charge in [0.05, 0.1) is 12.1 Å². The number of benzene rings is 1. The zero-order chi connectivity index (χ0) is 11.9. The van der Waals surface area contributed by atoms with Crippen molar-refractivity contribution < 1.29 is 0 Å². The van der Waals surface area contributed by atoms with Crippen LogP contribution in [0.5, 0.6) is 0 Å². The van der Waals surface area contributed by atoms with Crippen molar-refractivity contribution in [3.05, 3.63) is 34.9 Å². The maximum absolute atomic E-state index is 5.84.